The highest BCUT2D eigenvalue weighted by molar-refractivity contribution is 5.94. The first-order valence-electron chi connectivity index (χ1n) is 5.90. The second kappa shape index (κ2) is 5.16. The van der Waals surface area contributed by atoms with Gasteiger partial charge < -0.3 is 10.2 Å². The summed E-state index contributed by atoms with van der Waals surface area (Å²) in [6.45, 7) is 1.55. The Morgan fingerprint density at radius 2 is 2.21 bits per heavy atom. The van der Waals surface area contributed by atoms with Crippen LogP contribution in [0.3, 0.4) is 0 Å². The van der Waals surface area contributed by atoms with Crippen molar-refractivity contribution in [3.63, 3.8) is 0 Å². The molecule has 1 aromatic heterocycles. The minimum Gasteiger partial charge on any atom is -0.337 e. The normalized spacial score (nSPS) is 19.5. The smallest absolute Gasteiger partial charge is 0.337 e. The molecule has 0 spiro atoms. The average molecular weight is 273 g/mol. The first-order chi connectivity index (χ1) is 8.89. The molecule has 1 aliphatic heterocycles. The molecule has 2 rings (SSSR count). The predicted octanol–water partition coefficient (Wildman–Crippen LogP) is 1.53. The van der Waals surface area contributed by atoms with Crippen LogP contribution in [0.15, 0.2) is 18.3 Å². The van der Waals surface area contributed by atoms with Crippen molar-refractivity contribution < 1.29 is 18.0 Å². The van der Waals surface area contributed by atoms with E-state index in [0.717, 1.165) is 31.3 Å². The van der Waals surface area contributed by atoms with Crippen LogP contribution in [-0.2, 0) is 6.18 Å². The van der Waals surface area contributed by atoms with Crippen molar-refractivity contribution >= 4 is 5.91 Å². The van der Waals surface area contributed by atoms with Crippen LogP contribution in [0, 0.1) is 0 Å². The Morgan fingerprint density at radius 3 is 2.68 bits per heavy atom. The van der Waals surface area contributed by atoms with Crippen LogP contribution in [0.5, 0.6) is 0 Å². The second-order valence-corrected chi connectivity index (χ2v) is 4.49. The van der Waals surface area contributed by atoms with Crippen LogP contribution < -0.4 is 5.32 Å². The molecule has 2 heterocycles. The van der Waals surface area contributed by atoms with Gasteiger partial charge in [0.25, 0.3) is 5.91 Å². The van der Waals surface area contributed by atoms with Crippen LogP contribution in [0.2, 0.25) is 0 Å². The lowest BCUT2D eigenvalue weighted by atomic mass is 10.2. The second-order valence-electron chi connectivity index (χ2n) is 4.49. The monoisotopic (exact) mass is 273 g/mol. The molecule has 104 valence electrons. The number of pyridine rings is 1. The van der Waals surface area contributed by atoms with Gasteiger partial charge in [0.05, 0.1) is 5.56 Å². The predicted molar refractivity (Wildman–Crippen MR) is 62.6 cm³/mol. The van der Waals surface area contributed by atoms with Gasteiger partial charge >= 0.3 is 6.18 Å². The van der Waals surface area contributed by atoms with Gasteiger partial charge in [-0.25, -0.2) is 0 Å². The van der Waals surface area contributed by atoms with Crippen molar-refractivity contribution in [2.75, 3.05) is 20.1 Å². The van der Waals surface area contributed by atoms with E-state index in [1.54, 1.807) is 11.9 Å². The Balaban J connectivity index is 2.11. The minimum atomic E-state index is -4.48. The number of carbonyl (C=O) groups is 1. The summed E-state index contributed by atoms with van der Waals surface area (Å²) in [5.74, 6) is -0.310. The van der Waals surface area contributed by atoms with Crippen molar-refractivity contribution in [3.8, 4) is 0 Å². The van der Waals surface area contributed by atoms with Gasteiger partial charge in [0, 0.05) is 25.8 Å². The highest BCUT2D eigenvalue weighted by Gasteiger charge is 2.32. The first kappa shape index (κ1) is 13.8. The number of hydrogen-bond acceptors (Lipinski definition) is 3. The summed E-state index contributed by atoms with van der Waals surface area (Å²) in [5, 5.41) is 3.13. The summed E-state index contributed by atoms with van der Waals surface area (Å²) in [7, 11) is 1.65. The van der Waals surface area contributed by atoms with Crippen molar-refractivity contribution in [3.05, 3.63) is 29.6 Å². The Labute approximate surface area is 108 Å². The fourth-order valence-electron chi connectivity index (χ4n) is 2.03. The number of aromatic nitrogens is 1. The summed E-state index contributed by atoms with van der Waals surface area (Å²) in [5.41, 5.74) is -0.823. The van der Waals surface area contributed by atoms with Crippen molar-refractivity contribution in [2.24, 2.45) is 0 Å². The van der Waals surface area contributed by atoms with E-state index in [2.05, 4.69) is 10.3 Å². The number of alkyl halides is 3. The van der Waals surface area contributed by atoms with Gasteiger partial charge in [0.1, 0.15) is 5.69 Å². The number of carbonyl (C=O) groups excluding carboxylic acids is 1. The number of halogens is 3. The molecule has 1 saturated heterocycles. The summed E-state index contributed by atoms with van der Waals surface area (Å²) < 4.78 is 37.1. The molecule has 7 heteroatoms. The summed E-state index contributed by atoms with van der Waals surface area (Å²) >= 11 is 0. The Hall–Kier alpha value is -1.63. The molecule has 1 unspecified atom stereocenters. The summed E-state index contributed by atoms with van der Waals surface area (Å²) in [4.78, 5) is 16.9. The van der Waals surface area contributed by atoms with Crippen LogP contribution in [-0.4, -0.2) is 42.0 Å². The van der Waals surface area contributed by atoms with Gasteiger partial charge in [-0.15, -0.1) is 0 Å². The molecule has 1 aliphatic rings. The highest BCUT2D eigenvalue weighted by Crippen LogP contribution is 2.27. The lowest BCUT2D eigenvalue weighted by Gasteiger charge is -2.23. The number of nitrogens with one attached hydrogen (secondary N) is 1. The molecule has 1 fully saturated rings. The molecule has 1 N–H and O–H groups in total. The molecule has 0 bridgehead atoms. The summed E-state index contributed by atoms with van der Waals surface area (Å²) in [6.07, 6.45) is -2.66. The molecule has 1 amide bonds. The average Bonchev–Trinajstić information content (AvgIpc) is 2.90. The number of rotatable bonds is 2. The molecular weight excluding hydrogens is 259 g/mol. The zero-order valence-electron chi connectivity index (χ0n) is 10.4. The number of hydrogen-bond donors (Lipinski definition) is 1. The van der Waals surface area contributed by atoms with Gasteiger partial charge in [0.2, 0.25) is 0 Å². The Morgan fingerprint density at radius 1 is 1.47 bits per heavy atom. The molecule has 0 aromatic carbocycles. The van der Waals surface area contributed by atoms with E-state index in [9.17, 15) is 18.0 Å². The maximum absolute atomic E-state index is 12.4. The van der Waals surface area contributed by atoms with E-state index in [0.29, 0.717) is 6.54 Å². The Bertz CT molecular complexity index is 452. The van der Waals surface area contributed by atoms with Crippen LogP contribution >= 0.6 is 0 Å². The first-order valence-corrected chi connectivity index (χ1v) is 5.90. The number of nitrogens with zero attached hydrogens (tertiary/aromatic N) is 2. The molecule has 4 nitrogen and oxygen atoms in total. The van der Waals surface area contributed by atoms with E-state index in [1.165, 1.54) is 0 Å². The maximum Gasteiger partial charge on any atom is 0.433 e. The maximum atomic E-state index is 12.4. The fraction of sp³-hybridized carbons (Fsp3) is 0.500. The third-order valence-corrected chi connectivity index (χ3v) is 3.20. The molecule has 0 aliphatic carbocycles. The fourth-order valence-corrected chi connectivity index (χ4v) is 2.03. The van der Waals surface area contributed by atoms with Gasteiger partial charge in [-0.2, -0.15) is 13.2 Å². The third-order valence-electron chi connectivity index (χ3n) is 3.20. The van der Waals surface area contributed by atoms with E-state index in [-0.39, 0.29) is 17.5 Å². The molecule has 0 radical (unpaired) electrons. The zero-order valence-corrected chi connectivity index (χ0v) is 10.4. The van der Waals surface area contributed by atoms with E-state index in [4.69, 9.17) is 0 Å². The van der Waals surface area contributed by atoms with Crippen molar-refractivity contribution in [1.82, 2.24) is 15.2 Å². The van der Waals surface area contributed by atoms with Gasteiger partial charge in [0.15, 0.2) is 0 Å². The third kappa shape index (κ3) is 3.04. The summed E-state index contributed by atoms with van der Waals surface area (Å²) in [6, 6.07) is 2.07. The molecular formula is C12H14F3N3O. The standard InChI is InChI=1S/C12H14F3N3O/c1-18(9-4-5-16-7-9)11(19)8-2-3-10(17-6-8)12(13,14)15/h2-3,6,9,16H,4-5,7H2,1H3. The lowest BCUT2D eigenvalue weighted by molar-refractivity contribution is -0.141. The van der Waals surface area contributed by atoms with Gasteiger partial charge in [-0.1, -0.05) is 0 Å². The lowest BCUT2D eigenvalue weighted by Crippen LogP contribution is -2.38. The van der Waals surface area contributed by atoms with Gasteiger partial charge in [-0.05, 0) is 25.1 Å². The SMILES string of the molecule is CN(C(=O)c1ccc(C(F)(F)F)nc1)C1CCNC1. The quantitative estimate of drug-likeness (QED) is 0.889. The molecule has 1 aromatic rings. The van der Waals surface area contributed by atoms with E-state index >= 15 is 0 Å². The molecule has 19 heavy (non-hydrogen) atoms. The van der Waals surface area contributed by atoms with Crippen LogP contribution in [0.4, 0.5) is 13.2 Å². The Kier molecular flexibility index (Phi) is 3.75. The zero-order chi connectivity index (χ0) is 14.0. The van der Waals surface area contributed by atoms with E-state index < -0.39 is 11.9 Å². The minimum absolute atomic E-state index is 0.0785. The van der Waals surface area contributed by atoms with Crippen molar-refractivity contribution in [1.29, 1.82) is 0 Å². The van der Waals surface area contributed by atoms with Crippen molar-refractivity contribution in [2.45, 2.75) is 18.6 Å². The molecule has 0 saturated carbocycles. The van der Waals surface area contributed by atoms with Crippen LogP contribution in [0.1, 0.15) is 22.5 Å². The highest BCUT2D eigenvalue weighted by atomic mass is 19.4. The number of likely N-dealkylation sites (N-methyl/N-ethyl adjacent to an activating group) is 1. The number of amides is 1. The van der Waals surface area contributed by atoms with Gasteiger partial charge in [-0.3, -0.25) is 9.78 Å². The largest absolute Gasteiger partial charge is 0.433 e. The van der Waals surface area contributed by atoms with E-state index in [1.807, 2.05) is 0 Å². The topological polar surface area (TPSA) is 45.2 Å². The van der Waals surface area contributed by atoms with Crippen LogP contribution in [0.25, 0.3) is 0 Å². The molecule has 1 atom stereocenters.